The average molecular weight is 480 g/mol. The second-order valence-electron chi connectivity index (χ2n) is 7.85. The molecule has 0 fully saturated rings. The number of hydrogen-bond donors (Lipinski definition) is 1. The zero-order valence-corrected chi connectivity index (χ0v) is 20.2. The summed E-state index contributed by atoms with van der Waals surface area (Å²) >= 11 is 0. The lowest BCUT2D eigenvalue weighted by molar-refractivity contribution is -0.134. The van der Waals surface area contributed by atoms with Crippen LogP contribution in [-0.4, -0.2) is 49.8 Å². The van der Waals surface area contributed by atoms with Crippen LogP contribution in [0.2, 0.25) is 0 Å². The molecule has 0 aliphatic heterocycles. The van der Waals surface area contributed by atoms with Gasteiger partial charge in [-0.1, -0.05) is 36.4 Å². The van der Waals surface area contributed by atoms with Crippen LogP contribution in [-0.2, 0) is 17.9 Å². The molecule has 0 saturated carbocycles. The number of hydrogen-bond acceptors (Lipinski definition) is 6. The van der Waals surface area contributed by atoms with Gasteiger partial charge in [-0.05, 0) is 36.2 Å². The molecule has 0 heterocycles. The monoisotopic (exact) mass is 479 g/mol. The van der Waals surface area contributed by atoms with Gasteiger partial charge in [-0.2, -0.15) is 0 Å². The van der Waals surface area contributed by atoms with Gasteiger partial charge >= 0.3 is 5.97 Å². The van der Waals surface area contributed by atoms with E-state index < -0.39 is 5.97 Å². The Balaban J connectivity index is 1.89. The topological polar surface area (TPSA) is 94.5 Å². The number of aromatic carboxylic acids is 1. The Morgan fingerprint density at radius 1 is 0.800 bits per heavy atom. The van der Waals surface area contributed by atoms with Gasteiger partial charge in [0.25, 0.3) is 5.91 Å². The second-order valence-corrected chi connectivity index (χ2v) is 7.85. The van der Waals surface area contributed by atoms with Crippen LogP contribution in [0.5, 0.6) is 23.0 Å². The summed E-state index contributed by atoms with van der Waals surface area (Å²) in [5.74, 6) is 0.276. The summed E-state index contributed by atoms with van der Waals surface area (Å²) in [5.41, 5.74) is 2.48. The SMILES string of the molecule is COc1cc(OC)c(OC)cc1CN(Cc1ccccc1)C(=O)COc1cc(C)ccc1C(=O)O. The van der Waals surface area contributed by atoms with Crippen LogP contribution in [0.25, 0.3) is 0 Å². The molecule has 3 aromatic carbocycles. The van der Waals surface area contributed by atoms with Crippen molar-refractivity contribution in [2.45, 2.75) is 20.0 Å². The van der Waals surface area contributed by atoms with E-state index >= 15 is 0 Å². The number of carbonyl (C=O) groups excluding carboxylic acids is 1. The van der Waals surface area contributed by atoms with Gasteiger partial charge in [-0.25, -0.2) is 4.79 Å². The molecule has 0 atom stereocenters. The Bertz CT molecular complexity index is 1180. The lowest BCUT2D eigenvalue weighted by Gasteiger charge is -2.25. The van der Waals surface area contributed by atoms with E-state index in [4.69, 9.17) is 18.9 Å². The highest BCUT2D eigenvalue weighted by Gasteiger charge is 2.21. The number of benzene rings is 3. The predicted molar refractivity (Wildman–Crippen MR) is 130 cm³/mol. The van der Waals surface area contributed by atoms with E-state index in [-0.39, 0.29) is 30.4 Å². The number of methoxy groups -OCH3 is 3. The first-order chi connectivity index (χ1) is 16.9. The molecule has 8 heteroatoms. The van der Waals surface area contributed by atoms with Gasteiger partial charge in [0.2, 0.25) is 0 Å². The van der Waals surface area contributed by atoms with Crippen molar-refractivity contribution in [3.63, 3.8) is 0 Å². The molecule has 0 aliphatic rings. The molecule has 0 unspecified atom stereocenters. The standard InChI is InChI=1S/C27H29NO7/c1-18-10-11-21(27(30)31)23(12-18)35-17-26(29)28(15-19-8-6-5-7-9-19)16-20-13-24(33-3)25(34-4)14-22(20)32-2/h5-14H,15-17H2,1-4H3,(H,30,31). The molecule has 3 rings (SSSR count). The zero-order valence-electron chi connectivity index (χ0n) is 20.2. The molecule has 0 spiro atoms. The highest BCUT2D eigenvalue weighted by atomic mass is 16.5. The van der Waals surface area contributed by atoms with E-state index in [0.29, 0.717) is 23.8 Å². The van der Waals surface area contributed by atoms with Crippen molar-refractivity contribution in [1.29, 1.82) is 0 Å². The summed E-state index contributed by atoms with van der Waals surface area (Å²) in [6.07, 6.45) is 0. The van der Waals surface area contributed by atoms with Gasteiger partial charge in [-0.15, -0.1) is 0 Å². The first-order valence-corrected chi connectivity index (χ1v) is 10.9. The van der Waals surface area contributed by atoms with Gasteiger partial charge < -0.3 is 29.0 Å². The van der Waals surface area contributed by atoms with Gasteiger partial charge in [0, 0.05) is 24.7 Å². The summed E-state index contributed by atoms with van der Waals surface area (Å²) in [6.45, 7) is 2.03. The smallest absolute Gasteiger partial charge is 0.339 e. The molecule has 0 saturated heterocycles. The van der Waals surface area contributed by atoms with Crippen molar-refractivity contribution in [3.8, 4) is 23.0 Å². The Labute approximate surface area is 204 Å². The lowest BCUT2D eigenvalue weighted by Crippen LogP contribution is -2.34. The van der Waals surface area contributed by atoms with Crippen LogP contribution in [0.3, 0.4) is 0 Å². The van der Waals surface area contributed by atoms with Crippen molar-refractivity contribution >= 4 is 11.9 Å². The molecule has 0 bridgehead atoms. The Morgan fingerprint density at radius 2 is 1.46 bits per heavy atom. The van der Waals surface area contributed by atoms with E-state index in [2.05, 4.69) is 0 Å². The molecule has 1 N–H and O–H groups in total. The van der Waals surface area contributed by atoms with Gasteiger partial charge in [-0.3, -0.25) is 4.79 Å². The minimum atomic E-state index is -1.12. The quantitative estimate of drug-likeness (QED) is 0.438. The number of carbonyl (C=O) groups is 2. The number of carboxylic acids is 1. The van der Waals surface area contributed by atoms with E-state index in [1.54, 1.807) is 36.3 Å². The normalized spacial score (nSPS) is 10.4. The number of amides is 1. The van der Waals surface area contributed by atoms with E-state index in [9.17, 15) is 14.7 Å². The molecular formula is C27H29NO7. The number of aryl methyl sites for hydroxylation is 1. The number of nitrogens with zero attached hydrogens (tertiary/aromatic N) is 1. The third-order valence-corrected chi connectivity index (χ3v) is 5.44. The fourth-order valence-corrected chi connectivity index (χ4v) is 3.61. The van der Waals surface area contributed by atoms with Crippen LogP contribution < -0.4 is 18.9 Å². The maximum Gasteiger partial charge on any atom is 0.339 e. The predicted octanol–water partition coefficient (Wildman–Crippen LogP) is 4.33. The highest BCUT2D eigenvalue weighted by molar-refractivity contribution is 5.91. The molecule has 35 heavy (non-hydrogen) atoms. The fourth-order valence-electron chi connectivity index (χ4n) is 3.61. The summed E-state index contributed by atoms with van der Waals surface area (Å²) in [6, 6.07) is 17.8. The van der Waals surface area contributed by atoms with E-state index in [1.165, 1.54) is 20.3 Å². The van der Waals surface area contributed by atoms with Crippen LogP contribution >= 0.6 is 0 Å². The summed E-state index contributed by atoms with van der Waals surface area (Å²) < 4.78 is 22.0. The summed E-state index contributed by atoms with van der Waals surface area (Å²) in [4.78, 5) is 26.5. The van der Waals surface area contributed by atoms with E-state index in [1.807, 2.05) is 37.3 Å². The first-order valence-electron chi connectivity index (χ1n) is 10.9. The maximum atomic E-state index is 13.3. The Morgan fingerprint density at radius 3 is 2.09 bits per heavy atom. The molecule has 3 aromatic rings. The molecular weight excluding hydrogens is 450 g/mol. The summed E-state index contributed by atoms with van der Waals surface area (Å²) in [5, 5.41) is 9.46. The van der Waals surface area contributed by atoms with Crippen LogP contribution in [0.15, 0.2) is 60.7 Å². The molecule has 1 amide bonds. The number of rotatable bonds is 11. The maximum absolute atomic E-state index is 13.3. The van der Waals surface area contributed by atoms with Crippen LogP contribution in [0.1, 0.15) is 27.0 Å². The first kappa shape index (κ1) is 25.4. The third kappa shape index (κ3) is 6.44. The van der Waals surface area contributed by atoms with E-state index in [0.717, 1.165) is 16.7 Å². The van der Waals surface area contributed by atoms with Crippen molar-refractivity contribution < 1.29 is 33.6 Å². The molecule has 0 aromatic heterocycles. The fraction of sp³-hybridized carbons (Fsp3) is 0.259. The van der Waals surface area contributed by atoms with Gasteiger partial charge in [0.1, 0.15) is 17.1 Å². The van der Waals surface area contributed by atoms with Crippen molar-refractivity contribution in [3.05, 3.63) is 82.9 Å². The molecule has 0 radical (unpaired) electrons. The van der Waals surface area contributed by atoms with Gasteiger partial charge in [0.05, 0.1) is 21.3 Å². The zero-order chi connectivity index (χ0) is 25.4. The third-order valence-electron chi connectivity index (χ3n) is 5.44. The lowest BCUT2D eigenvalue weighted by atomic mass is 10.1. The Kier molecular flexibility index (Phi) is 8.56. The highest BCUT2D eigenvalue weighted by Crippen LogP contribution is 2.35. The molecule has 0 aliphatic carbocycles. The van der Waals surface area contributed by atoms with Crippen molar-refractivity contribution in [1.82, 2.24) is 4.90 Å². The number of ether oxygens (including phenoxy) is 4. The van der Waals surface area contributed by atoms with Gasteiger partial charge in [0.15, 0.2) is 18.1 Å². The summed E-state index contributed by atoms with van der Waals surface area (Å²) in [7, 11) is 4.62. The molecule has 184 valence electrons. The number of carboxylic acid groups (broad SMARTS) is 1. The van der Waals surface area contributed by atoms with Crippen molar-refractivity contribution in [2.75, 3.05) is 27.9 Å². The average Bonchev–Trinajstić information content (AvgIpc) is 2.86. The van der Waals surface area contributed by atoms with Crippen molar-refractivity contribution in [2.24, 2.45) is 0 Å². The van der Waals surface area contributed by atoms with Crippen LogP contribution in [0, 0.1) is 6.92 Å². The minimum absolute atomic E-state index is 0.000399. The molecule has 8 nitrogen and oxygen atoms in total. The largest absolute Gasteiger partial charge is 0.496 e. The second kappa shape index (κ2) is 11.8. The Hall–Kier alpha value is -4.20. The van der Waals surface area contributed by atoms with Crippen LogP contribution in [0.4, 0.5) is 0 Å². The minimum Gasteiger partial charge on any atom is -0.496 e.